The van der Waals surface area contributed by atoms with Crippen LogP contribution in [0.25, 0.3) is 0 Å². The molecule has 0 spiro atoms. The molecule has 1 heterocycles. The van der Waals surface area contributed by atoms with E-state index in [2.05, 4.69) is 10.1 Å². The van der Waals surface area contributed by atoms with Crippen molar-refractivity contribution in [2.24, 2.45) is 0 Å². The summed E-state index contributed by atoms with van der Waals surface area (Å²) in [6.07, 6.45) is 0. The number of halogens is 2. The number of nitrogens with zero attached hydrogens (tertiary/aromatic N) is 2. The third kappa shape index (κ3) is 4.43. The molecule has 8 heteroatoms. The first kappa shape index (κ1) is 16.3. The third-order valence-electron chi connectivity index (χ3n) is 2.71. The Morgan fingerprint density at radius 1 is 1.19 bits per heavy atom. The van der Waals surface area contributed by atoms with E-state index in [1.807, 2.05) is 13.8 Å². The minimum absolute atomic E-state index is 0.0836. The maximum absolute atomic E-state index is 12.1. The zero-order valence-electron chi connectivity index (χ0n) is 11.5. The highest BCUT2D eigenvalue weighted by molar-refractivity contribution is 7.89. The normalized spacial score (nSPS) is 12.0. The molecule has 2 rings (SSSR count). The van der Waals surface area contributed by atoms with Crippen molar-refractivity contribution < 1.29 is 12.9 Å². The smallest absolute Gasteiger partial charge is 0.241 e. The second kappa shape index (κ2) is 6.34. The molecule has 0 N–H and O–H groups in total. The van der Waals surface area contributed by atoms with Crippen molar-refractivity contribution in [3.05, 3.63) is 45.5 Å². The van der Waals surface area contributed by atoms with Crippen LogP contribution < -0.4 is 0 Å². The number of rotatable bonds is 5. The van der Waals surface area contributed by atoms with E-state index in [-0.39, 0.29) is 23.3 Å². The zero-order chi connectivity index (χ0) is 15.6. The van der Waals surface area contributed by atoms with Crippen molar-refractivity contribution in [1.82, 2.24) is 10.1 Å². The highest BCUT2D eigenvalue weighted by Gasteiger charge is 2.19. The molecule has 0 unspecified atom stereocenters. The average Bonchev–Trinajstić information content (AvgIpc) is 2.81. The van der Waals surface area contributed by atoms with Gasteiger partial charge in [0.05, 0.1) is 15.8 Å². The SMILES string of the molecule is CC(C)c1noc(CS(=O)(=O)Cc2ccc(Cl)c(Cl)c2)n1. The van der Waals surface area contributed by atoms with Gasteiger partial charge in [-0.2, -0.15) is 4.98 Å². The van der Waals surface area contributed by atoms with Crippen LogP contribution in [0.15, 0.2) is 22.7 Å². The minimum atomic E-state index is -3.43. The van der Waals surface area contributed by atoms with Gasteiger partial charge in [0.15, 0.2) is 15.7 Å². The second-order valence-electron chi connectivity index (χ2n) is 4.98. The summed E-state index contributed by atoms with van der Waals surface area (Å²) >= 11 is 11.7. The lowest BCUT2D eigenvalue weighted by Crippen LogP contribution is -2.08. The van der Waals surface area contributed by atoms with Crippen LogP contribution in [-0.4, -0.2) is 18.6 Å². The van der Waals surface area contributed by atoms with Crippen LogP contribution in [0.4, 0.5) is 0 Å². The quantitative estimate of drug-likeness (QED) is 0.824. The van der Waals surface area contributed by atoms with Gasteiger partial charge >= 0.3 is 0 Å². The van der Waals surface area contributed by atoms with E-state index >= 15 is 0 Å². The summed E-state index contributed by atoms with van der Waals surface area (Å²) < 4.78 is 29.2. The van der Waals surface area contributed by atoms with Gasteiger partial charge in [-0.3, -0.25) is 0 Å². The highest BCUT2D eigenvalue weighted by atomic mass is 35.5. The Balaban J connectivity index is 2.12. The van der Waals surface area contributed by atoms with E-state index < -0.39 is 9.84 Å². The molecule has 0 aliphatic carbocycles. The molecule has 1 aromatic carbocycles. The van der Waals surface area contributed by atoms with Crippen LogP contribution in [0.2, 0.25) is 10.0 Å². The average molecular weight is 349 g/mol. The first-order chi connectivity index (χ1) is 9.77. The molecule has 0 aliphatic rings. The van der Waals surface area contributed by atoms with Crippen molar-refractivity contribution >= 4 is 33.0 Å². The molecular formula is C13H14Cl2N2O3S. The predicted octanol–water partition coefficient (Wildman–Crippen LogP) is 3.61. The summed E-state index contributed by atoms with van der Waals surface area (Å²) in [4.78, 5) is 4.06. The Hall–Kier alpha value is -1.11. The fourth-order valence-electron chi connectivity index (χ4n) is 1.68. The van der Waals surface area contributed by atoms with Crippen molar-refractivity contribution in [3.63, 3.8) is 0 Å². The van der Waals surface area contributed by atoms with Gasteiger partial charge in [0.1, 0.15) is 5.75 Å². The van der Waals surface area contributed by atoms with Crippen molar-refractivity contribution in [2.75, 3.05) is 0 Å². The fraction of sp³-hybridized carbons (Fsp3) is 0.385. The van der Waals surface area contributed by atoms with Gasteiger partial charge < -0.3 is 4.52 Å². The van der Waals surface area contributed by atoms with Gasteiger partial charge in [-0.15, -0.1) is 0 Å². The van der Waals surface area contributed by atoms with Crippen LogP contribution in [0, 0.1) is 0 Å². The Bertz CT molecular complexity index is 742. The number of benzene rings is 1. The molecule has 2 aromatic rings. The van der Waals surface area contributed by atoms with Gasteiger partial charge in [0.2, 0.25) is 5.89 Å². The summed E-state index contributed by atoms with van der Waals surface area (Å²) in [5, 5.41) is 4.45. The standard InChI is InChI=1S/C13H14Cl2N2O3S/c1-8(2)13-16-12(20-17-13)7-21(18,19)6-9-3-4-10(14)11(15)5-9/h3-5,8H,6-7H2,1-2H3. The lowest BCUT2D eigenvalue weighted by atomic mass is 10.2. The molecule has 1 aromatic heterocycles. The zero-order valence-corrected chi connectivity index (χ0v) is 13.8. The Morgan fingerprint density at radius 2 is 1.90 bits per heavy atom. The lowest BCUT2D eigenvalue weighted by Gasteiger charge is -2.03. The molecule has 0 bridgehead atoms. The highest BCUT2D eigenvalue weighted by Crippen LogP contribution is 2.24. The monoisotopic (exact) mass is 348 g/mol. The Morgan fingerprint density at radius 3 is 2.48 bits per heavy atom. The van der Waals surface area contributed by atoms with E-state index in [4.69, 9.17) is 27.7 Å². The van der Waals surface area contributed by atoms with E-state index in [9.17, 15) is 8.42 Å². The van der Waals surface area contributed by atoms with E-state index in [1.54, 1.807) is 12.1 Å². The molecule has 0 saturated heterocycles. The van der Waals surface area contributed by atoms with Gasteiger partial charge in [0, 0.05) is 5.92 Å². The number of hydrogen-bond donors (Lipinski definition) is 0. The predicted molar refractivity (Wildman–Crippen MR) is 81.2 cm³/mol. The number of hydrogen-bond acceptors (Lipinski definition) is 5. The Kier molecular flexibility index (Phi) is 4.91. The molecule has 114 valence electrons. The molecule has 0 fully saturated rings. The van der Waals surface area contributed by atoms with Crippen LogP contribution in [0.5, 0.6) is 0 Å². The molecule has 0 atom stereocenters. The molecule has 21 heavy (non-hydrogen) atoms. The maximum Gasteiger partial charge on any atom is 0.241 e. The summed E-state index contributed by atoms with van der Waals surface area (Å²) in [5.41, 5.74) is 0.563. The summed E-state index contributed by atoms with van der Waals surface area (Å²) in [6.45, 7) is 3.80. The minimum Gasteiger partial charge on any atom is -0.338 e. The van der Waals surface area contributed by atoms with Crippen molar-refractivity contribution in [3.8, 4) is 0 Å². The molecule has 0 saturated carbocycles. The van der Waals surface area contributed by atoms with E-state index in [1.165, 1.54) is 6.07 Å². The van der Waals surface area contributed by atoms with Gasteiger partial charge in [-0.1, -0.05) is 48.3 Å². The Labute approximate surface area is 133 Å². The molecule has 0 radical (unpaired) electrons. The van der Waals surface area contributed by atoms with E-state index in [0.717, 1.165) is 0 Å². The molecule has 5 nitrogen and oxygen atoms in total. The molecular weight excluding hydrogens is 335 g/mol. The van der Waals surface area contributed by atoms with Crippen molar-refractivity contribution in [1.29, 1.82) is 0 Å². The van der Waals surface area contributed by atoms with Gasteiger partial charge in [-0.25, -0.2) is 8.42 Å². The van der Waals surface area contributed by atoms with Crippen LogP contribution in [0.3, 0.4) is 0 Å². The first-order valence-corrected chi connectivity index (χ1v) is 8.81. The first-order valence-electron chi connectivity index (χ1n) is 6.23. The van der Waals surface area contributed by atoms with Gasteiger partial charge in [-0.05, 0) is 17.7 Å². The largest absolute Gasteiger partial charge is 0.338 e. The maximum atomic E-state index is 12.1. The summed E-state index contributed by atoms with van der Waals surface area (Å²) in [5.74, 6) is 0.213. The topological polar surface area (TPSA) is 73.1 Å². The third-order valence-corrected chi connectivity index (χ3v) is 4.91. The fourth-order valence-corrected chi connectivity index (χ4v) is 3.29. The summed E-state index contributed by atoms with van der Waals surface area (Å²) in [7, 11) is -3.43. The van der Waals surface area contributed by atoms with E-state index in [0.29, 0.717) is 21.4 Å². The van der Waals surface area contributed by atoms with Gasteiger partial charge in [0.25, 0.3) is 0 Å². The number of sulfone groups is 1. The van der Waals surface area contributed by atoms with Crippen LogP contribution in [-0.2, 0) is 21.3 Å². The van der Waals surface area contributed by atoms with Crippen LogP contribution in [0.1, 0.15) is 37.0 Å². The molecule has 0 amide bonds. The second-order valence-corrected chi connectivity index (χ2v) is 7.86. The van der Waals surface area contributed by atoms with Crippen molar-refractivity contribution in [2.45, 2.75) is 31.3 Å². The summed E-state index contributed by atoms with van der Waals surface area (Å²) in [6, 6.07) is 4.73. The molecule has 0 aliphatic heterocycles. The number of aromatic nitrogens is 2. The van der Waals surface area contributed by atoms with Crippen LogP contribution >= 0.6 is 23.2 Å². The lowest BCUT2D eigenvalue weighted by molar-refractivity contribution is 0.380.